The Bertz CT molecular complexity index is 819. The van der Waals surface area contributed by atoms with Crippen molar-refractivity contribution in [1.82, 2.24) is 5.32 Å². The van der Waals surface area contributed by atoms with Gasteiger partial charge in [0, 0.05) is 22.1 Å². The van der Waals surface area contributed by atoms with Gasteiger partial charge < -0.3 is 5.32 Å². The van der Waals surface area contributed by atoms with Gasteiger partial charge in [0.15, 0.2) is 0 Å². The predicted octanol–water partition coefficient (Wildman–Crippen LogP) is 4.84. The van der Waals surface area contributed by atoms with Gasteiger partial charge >= 0.3 is 0 Å². The van der Waals surface area contributed by atoms with Crippen LogP contribution in [0, 0.1) is 6.92 Å². The third-order valence-electron chi connectivity index (χ3n) is 4.87. The van der Waals surface area contributed by atoms with Crippen LogP contribution in [-0.2, 0) is 29.9 Å². The van der Waals surface area contributed by atoms with Crippen molar-refractivity contribution in [3.05, 3.63) is 61.2 Å². The van der Waals surface area contributed by atoms with E-state index in [2.05, 4.69) is 30.4 Å². The Kier molecular flexibility index (Phi) is 4.51. The molecule has 0 bridgehead atoms. The molecule has 4 rings (SSSR count). The number of hydrogen-bond acceptors (Lipinski definition) is 3. The summed E-state index contributed by atoms with van der Waals surface area (Å²) in [7, 11) is 0. The van der Waals surface area contributed by atoms with Crippen LogP contribution < -0.4 is 5.32 Å². The van der Waals surface area contributed by atoms with E-state index in [9.17, 15) is 4.79 Å². The van der Waals surface area contributed by atoms with Gasteiger partial charge in [-0.15, -0.1) is 23.1 Å². The molecule has 1 N–H and O–H groups in total. The number of aryl methyl sites for hydroxylation is 2. The van der Waals surface area contributed by atoms with Gasteiger partial charge in [0.05, 0.1) is 4.91 Å². The predicted molar refractivity (Wildman–Crippen MR) is 103 cm³/mol. The normalized spacial score (nSPS) is 16.1. The molecule has 1 amide bonds. The summed E-state index contributed by atoms with van der Waals surface area (Å²) in [5.74, 6) is 1.01. The molecule has 0 saturated heterocycles. The van der Waals surface area contributed by atoms with E-state index in [1.165, 1.54) is 47.3 Å². The van der Waals surface area contributed by atoms with Crippen LogP contribution >= 0.6 is 23.1 Å². The van der Waals surface area contributed by atoms with Crippen LogP contribution in [0.2, 0.25) is 0 Å². The molecule has 24 heavy (non-hydrogen) atoms. The average molecular weight is 356 g/mol. The van der Waals surface area contributed by atoms with E-state index in [4.69, 9.17) is 0 Å². The van der Waals surface area contributed by atoms with E-state index in [0.29, 0.717) is 6.54 Å². The summed E-state index contributed by atoms with van der Waals surface area (Å²) in [5.41, 5.74) is 5.48. The number of amides is 1. The van der Waals surface area contributed by atoms with Crippen molar-refractivity contribution < 1.29 is 4.79 Å². The lowest BCUT2D eigenvalue weighted by molar-refractivity contribution is -0.116. The molecule has 1 aliphatic carbocycles. The molecule has 0 atom stereocenters. The highest BCUT2D eigenvalue weighted by atomic mass is 32.2. The topological polar surface area (TPSA) is 29.1 Å². The summed E-state index contributed by atoms with van der Waals surface area (Å²) in [6.45, 7) is 2.68. The summed E-state index contributed by atoms with van der Waals surface area (Å²) in [6, 6.07) is 8.20. The zero-order chi connectivity index (χ0) is 16.5. The third kappa shape index (κ3) is 3.05. The van der Waals surface area contributed by atoms with Crippen molar-refractivity contribution >= 4 is 35.1 Å². The minimum atomic E-state index is 0.0558. The summed E-state index contributed by atoms with van der Waals surface area (Å²) >= 11 is 3.59. The number of thioether (sulfide) groups is 1. The van der Waals surface area contributed by atoms with Crippen LogP contribution in [-0.4, -0.2) is 5.91 Å². The first-order valence-corrected chi connectivity index (χ1v) is 10.3. The zero-order valence-electron chi connectivity index (χ0n) is 13.9. The second kappa shape index (κ2) is 6.77. The van der Waals surface area contributed by atoms with Gasteiger partial charge in [-0.05, 0) is 60.9 Å². The second-order valence-corrected chi connectivity index (χ2v) is 8.61. The zero-order valence-corrected chi connectivity index (χ0v) is 15.5. The molecule has 0 spiro atoms. The molecule has 0 unspecified atom stereocenters. The number of benzene rings is 1. The van der Waals surface area contributed by atoms with E-state index in [-0.39, 0.29) is 5.91 Å². The summed E-state index contributed by atoms with van der Waals surface area (Å²) in [5, 5.41) is 3.08. The van der Waals surface area contributed by atoms with Crippen LogP contribution in [0.25, 0.3) is 6.08 Å². The van der Waals surface area contributed by atoms with Crippen molar-refractivity contribution in [3.63, 3.8) is 0 Å². The van der Waals surface area contributed by atoms with Gasteiger partial charge in [0.25, 0.3) is 5.91 Å². The van der Waals surface area contributed by atoms with Gasteiger partial charge in [-0.3, -0.25) is 4.79 Å². The highest BCUT2D eigenvalue weighted by Gasteiger charge is 2.24. The number of carbonyl (C=O) groups excluding carboxylic acids is 1. The smallest absolute Gasteiger partial charge is 0.258 e. The molecule has 2 nitrogen and oxygen atoms in total. The fourth-order valence-corrected chi connectivity index (χ4v) is 6.00. The highest BCUT2D eigenvalue weighted by molar-refractivity contribution is 8.03. The van der Waals surface area contributed by atoms with Gasteiger partial charge in [-0.1, -0.05) is 24.3 Å². The monoisotopic (exact) mass is 355 g/mol. The third-order valence-corrected chi connectivity index (χ3v) is 7.20. The molecule has 2 heterocycles. The van der Waals surface area contributed by atoms with Crippen molar-refractivity contribution in [3.8, 4) is 0 Å². The number of fused-ring (bicyclic) bond motifs is 3. The Morgan fingerprint density at radius 1 is 1.17 bits per heavy atom. The average Bonchev–Trinajstić information content (AvgIpc) is 2.98. The number of carbonyl (C=O) groups is 1. The van der Waals surface area contributed by atoms with E-state index in [1.807, 2.05) is 23.5 Å². The fourth-order valence-electron chi connectivity index (χ4n) is 3.44. The van der Waals surface area contributed by atoms with Crippen LogP contribution in [0.15, 0.2) is 29.2 Å². The van der Waals surface area contributed by atoms with E-state index < -0.39 is 0 Å². The lowest BCUT2D eigenvalue weighted by atomic mass is 9.95. The molecule has 0 fully saturated rings. The highest BCUT2D eigenvalue weighted by Crippen LogP contribution is 2.42. The molecule has 0 radical (unpaired) electrons. The molecule has 1 aromatic carbocycles. The molecule has 1 aliphatic heterocycles. The number of hydrogen-bond donors (Lipinski definition) is 1. The lowest BCUT2D eigenvalue weighted by Gasteiger charge is -2.16. The van der Waals surface area contributed by atoms with E-state index >= 15 is 0 Å². The first kappa shape index (κ1) is 16.0. The molecule has 124 valence electrons. The quantitative estimate of drug-likeness (QED) is 0.853. The Labute approximate surface area is 151 Å². The molecule has 1 aromatic heterocycles. The molecular formula is C20H21NOS2. The molecule has 2 aromatic rings. The first-order chi connectivity index (χ1) is 11.7. The van der Waals surface area contributed by atoms with Crippen LogP contribution in [0.3, 0.4) is 0 Å². The van der Waals surface area contributed by atoms with Crippen LogP contribution in [0.5, 0.6) is 0 Å². The maximum absolute atomic E-state index is 12.5. The molecule has 4 heteroatoms. The fraction of sp³-hybridized carbons (Fsp3) is 0.350. The van der Waals surface area contributed by atoms with Crippen molar-refractivity contribution in [2.45, 2.75) is 44.9 Å². The lowest BCUT2D eigenvalue weighted by Crippen LogP contribution is -2.24. The minimum Gasteiger partial charge on any atom is -0.348 e. The van der Waals surface area contributed by atoms with Crippen LogP contribution in [0.4, 0.5) is 0 Å². The maximum atomic E-state index is 12.5. The Balaban J connectivity index is 1.49. The van der Waals surface area contributed by atoms with Crippen molar-refractivity contribution in [2.24, 2.45) is 0 Å². The standard InChI is InChI=1S/C20H21NOS2/c1-13-6-2-3-7-14(13)11-21-20(22)19-10-18-16(12-23-19)15-8-4-5-9-17(15)24-18/h2-3,6-7,10H,4-5,8-9,11-12H2,1H3,(H,21,22). The van der Waals surface area contributed by atoms with Gasteiger partial charge in [0.1, 0.15) is 0 Å². The number of nitrogens with one attached hydrogen (secondary N) is 1. The Morgan fingerprint density at radius 2 is 2.00 bits per heavy atom. The largest absolute Gasteiger partial charge is 0.348 e. The maximum Gasteiger partial charge on any atom is 0.258 e. The van der Waals surface area contributed by atoms with Gasteiger partial charge in [-0.25, -0.2) is 0 Å². The number of rotatable bonds is 3. The van der Waals surface area contributed by atoms with Crippen molar-refractivity contribution in [1.29, 1.82) is 0 Å². The van der Waals surface area contributed by atoms with Crippen LogP contribution in [0.1, 0.15) is 44.8 Å². The first-order valence-electron chi connectivity index (χ1n) is 8.53. The second-order valence-electron chi connectivity index (χ2n) is 6.46. The van der Waals surface area contributed by atoms with Gasteiger partial charge in [0.2, 0.25) is 0 Å². The molecular weight excluding hydrogens is 334 g/mol. The van der Waals surface area contributed by atoms with Gasteiger partial charge in [-0.2, -0.15) is 0 Å². The Morgan fingerprint density at radius 3 is 2.88 bits per heavy atom. The summed E-state index contributed by atoms with van der Waals surface area (Å²) in [6.07, 6.45) is 7.19. The van der Waals surface area contributed by atoms with E-state index in [1.54, 1.807) is 22.2 Å². The summed E-state index contributed by atoms with van der Waals surface area (Å²) in [4.78, 5) is 16.3. The summed E-state index contributed by atoms with van der Waals surface area (Å²) < 4.78 is 0. The number of thiophene rings is 1. The minimum absolute atomic E-state index is 0.0558. The molecule has 2 aliphatic rings. The van der Waals surface area contributed by atoms with E-state index in [0.717, 1.165) is 10.7 Å². The molecule has 0 saturated carbocycles. The SMILES string of the molecule is Cc1ccccc1CNC(=O)C1=Cc2sc3c(c2CS1)CCCC3. The van der Waals surface area contributed by atoms with Crippen molar-refractivity contribution in [2.75, 3.05) is 0 Å². The Hall–Kier alpha value is -1.52.